The van der Waals surface area contributed by atoms with Crippen LogP contribution in [0, 0.1) is 0 Å². The van der Waals surface area contributed by atoms with Crippen LogP contribution in [0.5, 0.6) is 0 Å². The van der Waals surface area contributed by atoms with Crippen LogP contribution in [0.1, 0.15) is 33.1 Å². The third kappa shape index (κ3) is 6.32. The minimum absolute atomic E-state index is 0.407. The van der Waals surface area contributed by atoms with Crippen molar-refractivity contribution in [2.75, 3.05) is 20.3 Å². The summed E-state index contributed by atoms with van der Waals surface area (Å²) in [6.07, 6.45) is 3.77. The van der Waals surface area contributed by atoms with Crippen molar-refractivity contribution in [2.24, 2.45) is 0 Å². The molecule has 1 atom stereocenters. The first-order chi connectivity index (χ1) is 5.35. The Hall–Kier alpha value is -0.0800. The number of hydrogen-bond donors (Lipinski definition) is 0. The molecular formula is C9H20O2. The summed E-state index contributed by atoms with van der Waals surface area (Å²) in [5.74, 6) is 0. The zero-order chi connectivity index (χ0) is 8.53. The Kier molecular flexibility index (Phi) is 7.96. The highest BCUT2D eigenvalue weighted by Crippen LogP contribution is 2.06. The molecule has 11 heavy (non-hydrogen) atoms. The first kappa shape index (κ1) is 10.9. The Morgan fingerprint density at radius 2 is 1.91 bits per heavy atom. The van der Waals surface area contributed by atoms with Gasteiger partial charge < -0.3 is 9.47 Å². The van der Waals surface area contributed by atoms with Gasteiger partial charge in [0.1, 0.15) is 0 Å². The Balaban J connectivity index is 3.34. The maximum Gasteiger partial charge on any atom is 0.0596 e. The normalized spacial score (nSPS) is 13.4. The van der Waals surface area contributed by atoms with Crippen molar-refractivity contribution >= 4 is 0 Å². The average Bonchev–Trinajstić information content (AvgIpc) is 2.01. The van der Waals surface area contributed by atoms with Crippen molar-refractivity contribution in [3.8, 4) is 0 Å². The number of rotatable bonds is 7. The van der Waals surface area contributed by atoms with Crippen molar-refractivity contribution in [1.29, 1.82) is 0 Å². The molecule has 0 aromatic carbocycles. The zero-order valence-corrected chi connectivity index (χ0v) is 7.93. The molecule has 0 fully saturated rings. The van der Waals surface area contributed by atoms with Crippen LogP contribution >= 0.6 is 0 Å². The van der Waals surface area contributed by atoms with Crippen LogP contribution < -0.4 is 0 Å². The first-order valence-corrected chi connectivity index (χ1v) is 4.45. The van der Waals surface area contributed by atoms with Crippen molar-refractivity contribution in [1.82, 2.24) is 0 Å². The number of ether oxygens (including phenoxy) is 2. The van der Waals surface area contributed by atoms with Gasteiger partial charge in [-0.1, -0.05) is 13.3 Å². The van der Waals surface area contributed by atoms with E-state index in [0.29, 0.717) is 6.10 Å². The van der Waals surface area contributed by atoms with Crippen molar-refractivity contribution in [2.45, 2.75) is 39.2 Å². The number of methoxy groups -OCH3 is 1. The monoisotopic (exact) mass is 160 g/mol. The molecule has 0 amide bonds. The van der Waals surface area contributed by atoms with Crippen molar-refractivity contribution < 1.29 is 9.47 Å². The van der Waals surface area contributed by atoms with E-state index in [-0.39, 0.29) is 0 Å². The smallest absolute Gasteiger partial charge is 0.0596 e. The van der Waals surface area contributed by atoms with Gasteiger partial charge in [-0.25, -0.2) is 0 Å². The van der Waals surface area contributed by atoms with E-state index in [4.69, 9.17) is 9.47 Å². The molecule has 0 bridgehead atoms. The van der Waals surface area contributed by atoms with Crippen LogP contribution in [0.15, 0.2) is 0 Å². The van der Waals surface area contributed by atoms with Gasteiger partial charge in [0.25, 0.3) is 0 Å². The molecular weight excluding hydrogens is 140 g/mol. The van der Waals surface area contributed by atoms with E-state index >= 15 is 0 Å². The largest absolute Gasteiger partial charge is 0.385 e. The molecule has 0 rings (SSSR count). The fourth-order valence-electron chi connectivity index (χ4n) is 1.12. The molecule has 0 aromatic heterocycles. The maximum absolute atomic E-state index is 5.50. The van der Waals surface area contributed by atoms with Gasteiger partial charge in [0, 0.05) is 20.3 Å². The fraction of sp³-hybridized carbons (Fsp3) is 1.00. The van der Waals surface area contributed by atoms with E-state index in [2.05, 4.69) is 6.92 Å². The molecule has 0 N–H and O–H groups in total. The van der Waals surface area contributed by atoms with Crippen LogP contribution in [0.4, 0.5) is 0 Å². The summed E-state index contributed by atoms with van der Waals surface area (Å²) < 4.78 is 10.5. The molecule has 0 spiro atoms. The molecule has 0 heterocycles. The van der Waals surface area contributed by atoms with Gasteiger partial charge in [0.15, 0.2) is 0 Å². The van der Waals surface area contributed by atoms with Gasteiger partial charge in [-0.15, -0.1) is 0 Å². The Morgan fingerprint density at radius 3 is 2.36 bits per heavy atom. The first-order valence-electron chi connectivity index (χ1n) is 4.45. The third-order valence-electron chi connectivity index (χ3n) is 1.66. The summed E-state index contributed by atoms with van der Waals surface area (Å²) in [5, 5.41) is 0. The molecule has 2 heteroatoms. The molecule has 68 valence electrons. The lowest BCUT2D eigenvalue weighted by Crippen LogP contribution is -2.14. The maximum atomic E-state index is 5.50. The van der Waals surface area contributed by atoms with Gasteiger partial charge in [-0.2, -0.15) is 0 Å². The van der Waals surface area contributed by atoms with Crippen molar-refractivity contribution in [3.05, 3.63) is 0 Å². The Morgan fingerprint density at radius 1 is 1.18 bits per heavy atom. The molecule has 0 aliphatic rings. The second kappa shape index (κ2) is 8.02. The second-order valence-electron chi connectivity index (χ2n) is 2.65. The second-order valence-corrected chi connectivity index (χ2v) is 2.65. The van der Waals surface area contributed by atoms with Crippen LogP contribution in [-0.2, 0) is 9.47 Å². The van der Waals surface area contributed by atoms with Crippen molar-refractivity contribution in [3.63, 3.8) is 0 Å². The van der Waals surface area contributed by atoms with Gasteiger partial charge >= 0.3 is 0 Å². The van der Waals surface area contributed by atoms with Gasteiger partial charge in [0.2, 0.25) is 0 Å². The summed E-state index contributed by atoms with van der Waals surface area (Å²) >= 11 is 0. The van der Waals surface area contributed by atoms with E-state index in [1.54, 1.807) is 7.11 Å². The van der Waals surface area contributed by atoms with E-state index in [0.717, 1.165) is 26.1 Å². The van der Waals surface area contributed by atoms with Gasteiger partial charge in [-0.3, -0.25) is 0 Å². The summed E-state index contributed by atoms with van der Waals surface area (Å²) in [7, 11) is 1.73. The van der Waals surface area contributed by atoms with E-state index in [1.807, 2.05) is 6.92 Å². The highest BCUT2D eigenvalue weighted by molar-refractivity contribution is 4.55. The van der Waals surface area contributed by atoms with E-state index < -0.39 is 0 Å². The topological polar surface area (TPSA) is 18.5 Å². The third-order valence-corrected chi connectivity index (χ3v) is 1.66. The molecule has 1 unspecified atom stereocenters. The molecule has 0 aliphatic heterocycles. The standard InChI is InChI=1S/C9H20O2/c1-4-6-9(11-5-2)7-8-10-3/h9H,4-8H2,1-3H3. The Labute approximate surface area is 69.9 Å². The lowest BCUT2D eigenvalue weighted by Gasteiger charge is -2.14. The molecule has 0 aliphatic carbocycles. The summed E-state index contributed by atoms with van der Waals surface area (Å²) in [5.41, 5.74) is 0. The minimum atomic E-state index is 0.407. The number of hydrogen-bond acceptors (Lipinski definition) is 2. The quantitative estimate of drug-likeness (QED) is 0.568. The average molecular weight is 160 g/mol. The highest BCUT2D eigenvalue weighted by atomic mass is 16.5. The fourth-order valence-corrected chi connectivity index (χ4v) is 1.12. The SMILES string of the molecule is CCCC(CCOC)OCC. The lowest BCUT2D eigenvalue weighted by molar-refractivity contribution is 0.0313. The molecule has 0 aromatic rings. The molecule has 0 radical (unpaired) electrons. The zero-order valence-electron chi connectivity index (χ0n) is 7.93. The van der Waals surface area contributed by atoms with Gasteiger partial charge in [0.05, 0.1) is 6.10 Å². The molecule has 0 saturated heterocycles. The van der Waals surface area contributed by atoms with Crippen LogP contribution in [0.25, 0.3) is 0 Å². The predicted molar refractivity (Wildman–Crippen MR) is 46.8 cm³/mol. The predicted octanol–water partition coefficient (Wildman–Crippen LogP) is 2.23. The van der Waals surface area contributed by atoms with E-state index in [9.17, 15) is 0 Å². The minimum Gasteiger partial charge on any atom is -0.385 e. The summed E-state index contributed by atoms with van der Waals surface area (Å²) in [6, 6.07) is 0. The van der Waals surface area contributed by atoms with E-state index in [1.165, 1.54) is 6.42 Å². The summed E-state index contributed by atoms with van der Waals surface area (Å²) in [6.45, 7) is 5.84. The summed E-state index contributed by atoms with van der Waals surface area (Å²) in [4.78, 5) is 0. The van der Waals surface area contributed by atoms with Gasteiger partial charge in [-0.05, 0) is 19.8 Å². The van der Waals surface area contributed by atoms with Crippen LogP contribution in [0.2, 0.25) is 0 Å². The molecule has 2 nitrogen and oxygen atoms in total. The van der Waals surface area contributed by atoms with Crippen LogP contribution in [0.3, 0.4) is 0 Å². The Bertz CT molecular complexity index is 68.0. The highest BCUT2D eigenvalue weighted by Gasteiger charge is 2.05. The molecule has 0 saturated carbocycles. The van der Waals surface area contributed by atoms with Crippen LogP contribution in [-0.4, -0.2) is 26.4 Å². The lowest BCUT2D eigenvalue weighted by atomic mass is 10.1.